The Morgan fingerprint density at radius 2 is 1.43 bits per heavy atom. The van der Waals surface area contributed by atoms with Crippen molar-refractivity contribution in [1.29, 1.82) is 0 Å². The van der Waals surface area contributed by atoms with Gasteiger partial charge in [-0.2, -0.15) is 0 Å². The lowest BCUT2D eigenvalue weighted by Gasteiger charge is -2.48. The van der Waals surface area contributed by atoms with E-state index in [2.05, 4.69) is 16.1 Å². The molecule has 164 valence electrons. The van der Waals surface area contributed by atoms with Gasteiger partial charge in [0.05, 0.1) is 11.0 Å². The molecule has 1 heterocycles. The number of benzene rings is 1. The summed E-state index contributed by atoms with van der Waals surface area (Å²) in [6.45, 7) is 9.10. The minimum Gasteiger partial charge on any atom is -0.388 e. The molecule has 8 heteroatoms. The van der Waals surface area contributed by atoms with Crippen LogP contribution in [-0.2, 0) is 19.9 Å². The first-order valence-corrected chi connectivity index (χ1v) is 9.91. The fourth-order valence-electron chi connectivity index (χ4n) is 3.44. The van der Waals surface area contributed by atoms with Gasteiger partial charge in [-0.15, -0.1) is 0 Å². The van der Waals surface area contributed by atoms with Crippen LogP contribution in [0.1, 0.15) is 40.2 Å². The summed E-state index contributed by atoms with van der Waals surface area (Å²) >= 11 is 0. The first kappa shape index (κ1) is 23.6. The monoisotopic (exact) mass is 415 g/mol. The zero-order valence-corrected chi connectivity index (χ0v) is 19.1. The molecule has 0 aliphatic carbocycles. The Kier molecular flexibility index (Phi) is 6.44. The van der Waals surface area contributed by atoms with Crippen molar-refractivity contribution in [1.82, 2.24) is 20.7 Å². The third-order valence-electron chi connectivity index (χ3n) is 6.52. The number of carbonyl (C=O) groups is 3. The van der Waals surface area contributed by atoms with E-state index in [4.69, 9.17) is 0 Å². The van der Waals surface area contributed by atoms with Crippen LogP contribution in [0.2, 0.25) is 0 Å². The molecule has 0 spiro atoms. The lowest BCUT2D eigenvalue weighted by atomic mass is 9.77. The number of hydrogen-bond acceptors (Lipinski definition) is 6. The number of hydrogen-bond donors (Lipinski definition) is 3. The SMILES string of the molecule is CNc1ccc(C(C)(C)N(C)NC(=O)C(C)(C)C(C)(NC)N2C(=O)C=CC2=O)cc1. The number of anilines is 1. The summed E-state index contributed by atoms with van der Waals surface area (Å²) in [5, 5.41) is 7.85. The average molecular weight is 416 g/mol. The number of rotatable bonds is 8. The minimum atomic E-state index is -1.23. The van der Waals surface area contributed by atoms with Gasteiger partial charge in [0.2, 0.25) is 5.91 Å². The molecule has 0 saturated heterocycles. The summed E-state index contributed by atoms with van der Waals surface area (Å²) < 4.78 is 0. The smallest absolute Gasteiger partial charge is 0.255 e. The van der Waals surface area contributed by atoms with Gasteiger partial charge < -0.3 is 5.32 Å². The fourth-order valence-corrected chi connectivity index (χ4v) is 3.44. The molecule has 0 saturated carbocycles. The van der Waals surface area contributed by atoms with Crippen molar-refractivity contribution < 1.29 is 14.4 Å². The minimum absolute atomic E-state index is 0.325. The topological polar surface area (TPSA) is 93.8 Å². The van der Waals surface area contributed by atoms with Crippen LogP contribution < -0.4 is 16.1 Å². The third kappa shape index (κ3) is 3.85. The Hall–Kier alpha value is -2.71. The van der Waals surface area contributed by atoms with Crippen molar-refractivity contribution in [3.05, 3.63) is 42.0 Å². The first-order valence-electron chi connectivity index (χ1n) is 9.91. The van der Waals surface area contributed by atoms with Gasteiger partial charge in [-0.25, -0.2) is 5.01 Å². The van der Waals surface area contributed by atoms with Gasteiger partial charge in [0.1, 0.15) is 5.66 Å². The molecule has 1 atom stereocenters. The molecule has 0 aromatic heterocycles. The number of imide groups is 1. The summed E-state index contributed by atoms with van der Waals surface area (Å²) in [6, 6.07) is 7.97. The quantitative estimate of drug-likeness (QED) is 0.443. The molecule has 3 amide bonds. The summed E-state index contributed by atoms with van der Waals surface area (Å²) in [5.74, 6) is -1.22. The highest BCUT2D eigenvalue weighted by Crippen LogP contribution is 2.36. The van der Waals surface area contributed by atoms with Crippen molar-refractivity contribution in [3.63, 3.8) is 0 Å². The van der Waals surface area contributed by atoms with Crippen LogP contribution in [0.4, 0.5) is 5.69 Å². The lowest BCUT2D eigenvalue weighted by molar-refractivity contribution is -0.159. The van der Waals surface area contributed by atoms with Crippen molar-refractivity contribution in [2.45, 2.75) is 45.8 Å². The molecule has 0 bridgehead atoms. The van der Waals surface area contributed by atoms with E-state index in [0.29, 0.717) is 0 Å². The predicted octanol–water partition coefficient (Wildman–Crippen LogP) is 1.81. The maximum Gasteiger partial charge on any atom is 0.255 e. The number of amides is 3. The van der Waals surface area contributed by atoms with Crippen LogP contribution >= 0.6 is 0 Å². The van der Waals surface area contributed by atoms with Crippen molar-refractivity contribution in [2.24, 2.45) is 5.41 Å². The van der Waals surface area contributed by atoms with E-state index in [1.807, 2.05) is 45.2 Å². The van der Waals surface area contributed by atoms with Gasteiger partial charge in [0.25, 0.3) is 11.8 Å². The Morgan fingerprint density at radius 3 is 1.87 bits per heavy atom. The highest BCUT2D eigenvalue weighted by atomic mass is 16.2. The molecule has 0 radical (unpaired) electrons. The van der Waals surface area contributed by atoms with E-state index in [0.717, 1.165) is 16.2 Å². The van der Waals surface area contributed by atoms with E-state index in [1.165, 1.54) is 12.2 Å². The molecule has 1 aromatic rings. The van der Waals surface area contributed by atoms with Crippen LogP contribution in [-0.4, -0.2) is 54.4 Å². The number of hydrazine groups is 1. The first-order chi connectivity index (χ1) is 13.8. The highest BCUT2D eigenvalue weighted by molar-refractivity contribution is 6.13. The van der Waals surface area contributed by atoms with Crippen LogP contribution in [0.15, 0.2) is 36.4 Å². The molecule has 0 fully saturated rings. The highest BCUT2D eigenvalue weighted by Gasteiger charge is 2.54. The summed E-state index contributed by atoms with van der Waals surface area (Å²) in [5.41, 5.74) is 2.10. The molecule has 1 aliphatic heterocycles. The van der Waals surface area contributed by atoms with E-state index in [9.17, 15) is 14.4 Å². The largest absolute Gasteiger partial charge is 0.388 e. The van der Waals surface area contributed by atoms with Gasteiger partial charge >= 0.3 is 0 Å². The molecule has 1 aliphatic rings. The van der Waals surface area contributed by atoms with Crippen LogP contribution in [0.3, 0.4) is 0 Å². The van der Waals surface area contributed by atoms with Crippen LogP contribution in [0.25, 0.3) is 0 Å². The molecule has 30 heavy (non-hydrogen) atoms. The molecule has 1 aromatic carbocycles. The normalized spacial score (nSPS) is 16.8. The Bertz CT molecular complexity index is 842. The number of carbonyl (C=O) groups excluding carboxylic acids is 3. The predicted molar refractivity (Wildman–Crippen MR) is 117 cm³/mol. The van der Waals surface area contributed by atoms with Crippen molar-refractivity contribution in [3.8, 4) is 0 Å². The van der Waals surface area contributed by atoms with Gasteiger partial charge in [-0.3, -0.25) is 30.0 Å². The zero-order valence-electron chi connectivity index (χ0n) is 19.1. The summed E-state index contributed by atoms with van der Waals surface area (Å²) in [7, 11) is 5.29. The van der Waals surface area contributed by atoms with Crippen LogP contribution in [0, 0.1) is 5.41 Å². The number of nitrogens with one attached hydrogen (secondary N) is 3. The second-order valence-corrected chi connectivity index (χ2v) is 8.68. The van der Waals surface area contributed by atoms with Crippen molar-refractivity contribution in [2.75, 3.05) is 26.5 Å². The second-order valence-electron chi connectivity index (χ2n) is 8.68. The van der Waals surface area contributed by atoms with Gasteiger partial charge in [-0.1, -0.05) is 12.1 Å². The van der Waals surface area contributed by atoms with Crippen molar-refractivity contribution >= 4 is 23.4 Å². The molecule has 2 rings (SSSR count). The van der Waals surface area contributed by atoms with E-state index < -0.39 is 28.4 Å². The Labute approximate surface area is 178 Å². The van der Waals surface area contributed by atoms with E-state index in [1.54, 1.807) is 39.9 Å². The summed E-state index contributed by atoms with van der Waals surface area (Å²) in [6.07, 6.45) is 2.44. The maximum atomic E-state index is 13.4. The zero-order chi connectivity index (χ0) is 22.9. The van der Waals surface area contributed by atoms with E-state index >= 15 is 0 Å². The fraction of sp³-hybridized carbons (Fsp3) is 0.500. The molecular weight excluding hydrogens is 382 g/mol. The lowest BCUT2D eigenvalue weighted by Crippen LogP contribution is -2.70. The second kappa shape index (κ2) is 8.20. The van der Waals surface area contributed by atoms with Crippen LogP contribution in [0.5, 0.6) is 0 Å². The van der Waals surface area contributed by atoms with Gasteiger partial charge in [0, 0.05) is 31.9 Å². The molecular formula is C22H33N5O3. The standard InChI is InChI=1S/C22H33N5O3/c1-20(2,22(5,24-7)27-17(28)13-14-18(27)29)19(30)25-26(8)21(3,4)15-9-11-16(23-6)12-10-15/h9-14,23-24H,1-8H3,(H,25,30). The molecule has 8 nitrogen and oxygen atoms in total. The molecule has 1 unspecified atom stereocenters. The van der Waals surface area contributed by atoms with E-state index in [-0.39, 0.29) is 5.91 Å². The van der Waals surface area contributed by atoms with Gasteiger partial charge in [-0.05, 0) is 59.4 Å². The summed E-state index contributed by atoms with van der Waals surface area (Å²) in [4.78, 5) is 39.1. The maximum absolute atomic E-state index is 13.4. The number of nitrogens with zero attached hydrogens (tertiary/aromatic N) is 2. The van der Waals surface area contributed by atoms with Gasteiger partial charge in [0.15, 0.2) is 0 Å². The Balaban J connectivity index is 2.27. The third-order valence-corrected chi connectivity index (χ3v) is 6.52. The molecule has 3 N–H and O–H groups in total. The average Bonchev–Trinajstić information content (AvgIpc) is 3.05. The Morgan fingerprint density at radius 1 is 0.933 bits per heavy atom.